The van der Waals surface area contributed by atoms with Crippen molar-refractivity contribution in [2.45, 2.75) is 26.5 Å². The number of para-hydroxylation sites is 2. The van der Waals surface area contributed by atoms with E-state index in [0.717, 1.165) is 29.9 Å². The second-order valence-corrected chi connectivity index (χ2v) is 4.93. The van der Waals surface area contributed by atoms with Crippen molar-refractivity contribution in [1.82, 2.24) is 9.55 Å². The molecule has 0 fully saturated rings. The number of aliphatic hydroxyl groups excluding tert-OH is 1. The topological polar surface area (TPSA) is 38.0 Å². The number of fused-ring (bicyclic) bond motifs is 1. The van der Waals surface area contributed by atoms with E-state index in [1.807, 2.05) is 18.2 Å². The zero-order valence-corrected chi connectivity index (χ0v) is 11.6. The summed E-state index contributed by atoms with van der Waals surface area (Å²) in [6.07, 6.45) is 0.920. The first-order valence-corrected chi connectivity index (χ1v) is 6.94. The van der Waals surface area contributed by atoms with Gasteiger partial charge in [-0.25, -0.2) is 4.98 Å². The van der Waals surface area contributed by atoms with E-state index in [4.69, 9.17) is 5.11 Å². The molecule has 1 aromatic heterocycles. The van der Waals surface area contributed by atoms with Crippen LogP contribution < -0.4 is 0 Å². The highest BCUT2D eigenvalue weighted by molar-refractivity contribution is 5.76. The third kappa shape index (κ3) is 2.32. The van der Waals surface area contributed by atoms with E-state index in [9.17, 15) is 0 Å². The van der Waals surface area contributed by atoms with Gasteiger partial charge in [0.15, 0.2) is 0 Å². The predicted molar refractivity (Wildman–Crippen MR) is 80.6 cm³/mol. The molecule has 0 unspecified atom stereocenters. The van der Waals surface area contributed by atoms with Gasteiger partial charge in [0.25, 0.3) is 0 Å². The summed E-state index contributed by atoms with van der Waals surface area (Å²) in [6, 6.07) is 16.3. The van der Waals surface area contributed by atoms with Gasteiger partial charge in [0.2, 0.25) is 0 Å². The number of imidazole rings is 1. The minimum Gasteiger partial charge on any atom is -0.392 e. The van der Waals surface area contributed by atoms with Crippen LogP contribution in [0, 0.1) is 0 Å². The van der Waals surface area contributed by atoms with Gasteiger partial charge in [-0.15, -0.1) is 0 Å². The van der Waals surface area contributed by atoms with Gasteiger partial charge in [0, 0.05) is 13.0 Å². The quantitative estimate of drug-likeness (QED) is 0.787. The van der Waals surface area contributed by atoms with Crippen molar-refractivity contribution in [2.24, 2.45) is 0 Å². The third-order valence-electron chi connectivity index (χ3n) is 3.60. The highest BCUT2D eigenvalue weighted by Crippen LogP contribution is 2.18. The number of aromatic nitrogens is 2. The van der Waals surface area contributed by atoms with Crippen LogP contribution in [-0.2, 0) is 19.6 Å². The van der Waals surface area contributed by atoms with E-state index in [-0.39, 0.29) is 6.61 Å². The maximum Gasteiger partial charge on any atom is 0.109 e. The summed E-state index contributed by atoms with van der Waals surface area (Å²) in [5.74, 6) is 1.11. The molecule has 0 saturated carbocycles. The van der Waals surface area contributed by atoms with Crippen LogP contribution in [-0.4, -0.2) is 14.7 Å². The Morgan fingerprint density at radius 1 is 1.00 bits per heavy atom. The Balaban J connectivity index is 2.00. The molecule has 3 rings (SSSR count). The molecule has 0 aliphatic rings. The van der Waals surface area contributed by atoms with Crippen molar-refractivity contribution in [3.63, 3.8) is 0 Å². The van der Waals surface area contributed by atoms with Crippen molar-refractivity contribution in [1.29, 1.82) is 0 Å². The fourth-order valence-electron chi connectivity index (χ4n) is 2.50. The number of aryl methyl sites for hydroxylation is 1. The van der Waals surface area contributed by atoms with E-state index < -0.39 is 0 Å². The molecule has 0 spiro atoms. The van der Waals surface area contributed by atoms with Crippen LogP contribution in [0.15, 0.2) is 48.5 Å². The van der Waals surface area contributed by atoms with Crippen molar-refractivity contribution < 1.29 is 5.11 Å². The molecule has 0 bridgehead atoms. The standard InChI is InChI=1S/C17H18N2O/c1-2-17-18-15-5-3-4-6-16(15)19(17)11-13-7-9-14(12-20)10-8-13/h3-10,20H,2,11-12H2,1H3. The number of benzene rings is 2. The van der Waals surface area contributed by atoms with Gasteiger partial charge in [-0.05, 0) is 23.3 Å². The van der Waals surface area contributed by atoms with Gasteiger partial charge >= 0.3 is 0 Å². The summed E-state index contributed by atoms with van der Waals surface area (Å²) >= 11 is 0. The smallest absolute Gasteiger partial charge is 0.109 e. The molecule has 3 nitrogen and oxygen atoms in total. The van der Waals surface area contributed by atoms with E-state index in [0.29, 0.717) is 0 Å². The van der Waals surface area contributed by atoms with Gasteiger partial charge < -0.3 is 9.67 Å². The van der Waals surface area contributed by atoms with Gasteiger partial charge in [0.1, 0.15) is 5.82 Å². The van der Waals surface area contributed by atoms with Crippen LogP contribution >= 0.6 is 0 Å². The first-order valence-electron chi connectivity index (χ1n) is 6.94. The van der Waals surface area contributed by atoms with Crippen molar-refractivity contribution in [2.75, 3.05) is 0 Å². The Labute approximate surface area is 118 Å². The largest absolute Gasteiger partial charge is 0.392 e. The highest BCUT2D eigenvalue weighted by atomic mass is 16.3. The van der Waals surface area contributed by atoms with E-state index in [1.54, 1.807) is 0 Å². The second kappa shape index (κ2) is 5.47. The molecule has 0 saturated heterocycles. The van der Waals surface area contributed by atoms with Crippen LogP contribution in [0.3, 0.4) is 0 Å². The fraction of sp³-hybridized carbons (Fsp3) is 0.235. The SMILES string of the molecule is CCc1nc2ccccc2n1Cc1ccc(CO)cc1. The summed E-state index contributed by atoms with van der Waals surface area (Å²) < 4.78 is 2.27. The molecule has 102 valence electrons. The molecular formula is C17H18N2O. The molecule has 2 aromatic carbocycles. The fourth-order valence-corrected chi connectivity index (χ4v) is 2.50. The van der Waals surface area contributed by atoms with Crippen LogP contribution in [0.5, 0.6) is 0 Å². The molecule has 0 amide bonds. The number of hydrogen-bond acceptors (Lipinski definition) is 2. The van der Waals surface area contributed by atoms with E-state index >= 15 is 0 Å². The molecular weight excluding hydrogens is 248 g/mol. The summed E-state index contributed by atoms with van der Waals surface area (Å²) in [5.41, 5.74) is 4.40. The number of rotatable bonds is 4. The molecule has 20 heavy (non-hydrogen) atoms. The molecule has 3 aromatic rings. The Morgan fingerprint density at radius 3 is 2.40 bits per heavy atom. The number of aliphatic hydroxyl groups is 1. The van der Waals surface area contributed by atoms with Gasteiger partial charge in [0.05, 0.1) is 17.6 Å². The summed E-state index contributed by atoms with van der Waals surface area (Å²) in [7, 11) is 0. The average Bonchev–Trinajstić information content (AvgIpc) is 2.86. The molecule has 1 N–H and O–H groups in total. The van der Waals surface area contributed by atoms with Crippen LogP contribution in [0.1, 0.15) is 23.9 Å². The molecule has 0 aliphatic heterocycles. The Morgan fingerprint density at radius 2 is 1.70 bits per heavy atom. The lowest BCUT2D eigenvalue weighted by Gasteiger charge is -2.09. The van der Waals surface area contributed by atoms with Gasteiger partial charge in [-0.2, -0.15) is 0 Å². The van der Waals surface area contributed by atoms with Crippen LogP contribution in [0.25, 0.3) is 11.0 Å². The maximum absolute atomic E-state index is 9.09. The lowest BCUT2D eigenvalue weighted by Crippen LogP contribution is -2.04. The lowest BCUT2D eigenvalue weighted by atomic mass is 10.1. The van der Waals surface area contributed by atoms with Crippen molar-refractivity contribution >= 4 is 11.0 Å². The molecule has 1 heterocycles. The maximum atomic E-state index is 9.09. The summed E-state index contributed by atoms with van der Waals surface area (Å²) in [4.78, 5) is 4.68. The summed E-state index contributed by atoms with van der Waals surface area (Å²) in [5, 5.41) is 9.09. The zero-order chi connectivity index (χ0) is 13.9. The highest BCUT2D eigenvalue weighted by Gasteiger charge is 2.09. The summed E-state index contributed by atoms with van der Waals surface area (Å²) in [6.45, 7) is 3.04. The normalized spacial score (nSPS) is 11.1. The van der Waals surface area contributed by atoms with Gasteiger partial charge in [-0.1, -0.05) is 43.3 Å². The van der Waals surface area contributed by atoms with E-state index in [1.165, 1.54) is 11.1 Å². The Bertz CT molecular complexity index is 713. The Kier molecular flexibility index (Phi) is 3.52. The number of hydrogen-bond donors (Lipinski definition) is 1. The molecule has 0 atom stereocenters. The number of nitrogens with zero attached hydrogens (tertiary/aromatic N) is 2. The third-order valence-corrected chi connectivity index (χ3v) is 3.60. The monoisotopic (exact) mass is 266 g/mol. The van der Waals surface area contributed by atoms with Crippen molar-refractivity contribution in [3.8, 4) is 0 Å². The second-order valence-electron chi connectivity index (χ2n) is 4.93. The minimum absolute atomic E-state index is 0.0918. The van der Waals surface area contributed by atoms with E-state index in [2.05, 4.69) is 46.8 Å². The first-order chi connectivity index (χ1) is 9.81. The van der Waals surface area contributed by atoms with Crippen LogP contribution in [0.4, 0.5) is 0 Å². The predicted octanol–water partition coefficient (Wildman–Crippen LogP) is 3.14. The minimum atomic E-state index is 0.0918. The molecule has 0 aliphatic carbocycles. The van der Waals surface area contributed by atoms with Crippen LogP contribution in [0.2, 0.25) is 0 Å². The molecule has 3 heteroatoms. The average molecular weight is 266 g/mol. The zero-order valence-electron chi connectivity index (χ0n) is 11.6. The van der Waals surface area contributed by atoms with Crippen molar-refractivity contribution in [3.05, 3.63) is 65.5 Å². The molecule has 0 radical (unpaired) electrons. The first kappa shape index (κ1) is 12.9. The Hall–Kier alpha value is -2.13. The lowest BCUT2D eigenvalue weighted by molar-refractivity contribution is 0.282. The van der Waals surface area contributed by atoms with Gasteiger partial charge in [-0.3, -0.25) is 0 Å².